The predicted molar refractivity (Wildman–Crippen MR) is 101 cm³/mol. The van der Waals surface area contributed by atoms with Gasteiger partial charge in [0.05, 0.1) is 5.52 Å². The van der Waals surface area contributed by atoms with E-state index in [1.165, 1.54) is 28.9 Å². The predicted octanol–water partition coefficient (Wildman–Crippen LogP) is 1.59. The van der Waals surface area contributed by atoms with Crippen molar-refractivity contribution < 1.29 is 18.7 Å². The third-order valence-electron chi connectivity index (χ3n) is 4.50. The Balaban J connectivity index is 1.42. The average Bonchev–Trinajstić information content (AvgIpc) is 3.03. The first kappa shape index (κ1) is 17.2. The normalized spacial score (nSPS) is 13.0. The Hall–Kier alpha value is -3.95. The fourth-order valence-electron chi connectivity index (χ4n) is 3.19. The van der Waals surface area contributed by atoms with E-state index < -0.39 is 17.4 Å². The van der Waals surface area contributed by atoms with Gasteiger partial charge in [0.25, 0.3) is 0 Å². The van der Waals surface area contributed by atoms with E-state index >= 15 is 0 Å². The third-order valence-corrected chi connectivity index (χ3v) is 4.50. The molecule has 1 N–H and O–H groups in total. The van der Waals surface area contributed by atoms with Gasteiger partial charge in [-0.3, -0.25) is 4.79 Å². The summed E-state index contributed by atoms with van der Waals surface area (Å²) >= 11 is 0. The molecule has 0 saturated heterocycles. The van der Waals surface area contributed by atoms with Crippen molar-refractivity contribution >= 4 is 28.1 Å². The number of carbonyl (C=O) groups excluding carboxylic acids is 1. The molecule has 0 fully saturated rings. The summed E-state index contributed by atoms with van der Waals surface area (Å²) in [6.45, 7) is 0.621. The van der Waals surface area contributed by atoms with Crippen LogP contribution in [-0.2, 0) is 11.3 Å². The molecule has 1 aliphatic heterocycles. The van der Waals surface area contributed by atoms with Crippen LogP contribution < -0.4 is 20.5 Å². The van der Waals surface area contributed by atoms with Crippen LogP contribution >= 0.6 is 0 Å². The molecule has 5 rings (SSSR count). The Bertz CT molecular complexity index is 1330. The quantitative estimate of drug-likeness (QED) is 0.566. The summed E-state index contributed by atoms with van der Waals surface area (Å²) in [6, 6.07) is 9.07. The number of amides is 1. The highest BCUT2D eigenvalue weighted by atomic mass is 19.1. The van der Waals surface area contributed by atoms with Crippen molar-refractivity contribution in [3.63, 3.8) is 0 Å². The van der Waals surface area contributed by atoms with Crippen molar-refractivity contribution in [1.29, 1.82) is 0 Å². The lowest BCUT2D eigenvalue weighted by Crippen LogP contribution is -2.28. The molecule has 9 nitrogen and oxygen atoms in total. The molecule has 1 amide bonds. The number of halogens is 1. The van der Waals surface area contributed by atoms with Gasteiger partial charge >= 0.3 is 5.69 Å². The lowest BCUT2D eigenvalue weighted by Gasteiger charge is -2.18. The molecule has 2 aromatic heterocycles. The lowest BCUT2D eigenvalue weighted by molar-refractivity contribution is -0.117. The lowest BCUT2D eigenvalue weighted by atomic mass is 10.2. The minimum absolute atomic E-state index is 0.294. The summed E-state index contributed by atoms with van der Waals surface area (Å²) in [5.41, 5.74) is 0.664. The summed E-state index contributed by atoms with van der Waals surface area (Å²) in [4.78, 5) is 29.1. The Labute approximate surface area is 162 Å². The average molecular weight is 395 g/mol. The Morgan fingerprint density at radius 3 is 2.83 bits per heavy atom. The molecule has 0 aliphatic carbocycles. The van der Waals surface area contributed by atoms with Gasteiger partial charge in [0.15, 0.2) is 17.1 Å². The van der Waals surface area contributed by atoms with E-state index in [0.717, 1.165) is 4.68 Å². The van der Waals surface area contributed by atoms with Crippen LogP contribution in [-0.4, -0.2) is 38.3 Å². The summed E-state index contributed by atoms with van der Waals surface area (Å²) in [5, 5.41) is 7.44. The number of hydrogen-bond donors (Lipinski definition) is 1. The van der Waals surface area contributed by atoms with Crippen molar-refractivity contribution in [1.82, 2.24) is 19.2 Å². The summed E-state index contributed by atoms with van der Waals surface area (Å²) < 4.78 is 26.6. The monoisotopic (exact) mass is 395 g/mol. The van der Waals surface area contributed by atoms with Gasteiger partial charge in [0, 0.05) is 23.2 Å². The molecule has 1 aliphatic rings. The number of fused-ring (bicyclic) bond motifs is 4. The first-order valence-corrected chi connectivity index (χ1v) is 8.81. The van der Waals surface area contributed by atoms with E-state index in [4.69, 9.17) is 9.47 Å². The second-order valence-electron chi connectivity index (χ2n) is 6.45. The minimum Gasteiger partial charge on any atom is -0.486 e. The van der Waals surface area contributed by atoms with Crippen molar-refractivity contribution in [2.45, 2.75) is 6.54 Å². The van der Waals surface area contributed by atoms with Gasteiger partial charge in [-0.2, -0.15) is 0 Å². The van der Waals surface area contributed by atoms with Gasteiger partial charge in [-0.1, -0.05) is 0 Å². The standard InChI is InChI=1S/C19H14FN5O4/c20-11-1-3-13-14(7-11)21-10-24-18(13)23-25(19(24)27)9-17(26)22-12-2-4-15-16(8-12)29-6-5-28-15/h1-4,7-8,10H,5-6,9H2,(H,22,26). The number of hydrogen-bond acceptors (Lipinski definition) is 6. The second kappa shape index (κ2) is 6.59. The zero-order valence-corrected chi connectivity index (χ0v) is 15.0. The number of nitrogens with zero attached hydrogens (tertiary/aromatic N) is 4. The van der Waals surface area contributed by atoms with E-state index in [0.29, 0.717) is 47.0 Å². The third kappa shape index (κ3) is 3.04. The van der Waals surface area contributed by atoms with Crippen LogP contribution in [0.15, 0.2) is 47.5 Å². The first-order chi connectivity index (χ1) is 14.1. The molecule has 0 bridgehead atoms. The number of aromatic nitrogens is 4. The Morgan fingerprint density at radius 1 is 1.14 bits per heavy atom. The molecule has 29 heavy (non-hydrogen) atoms. The van der Waals surface area contributed by atoms with Crippen LogP contribution in [0.2, 0.25) is 0 Å². The van der Waals surface area contributed by atoms with E-state index in [1.54, 1.807) is 18.2 Å². The SMILES string of the molecule is O=C(Cn1nc2c3ccc(F)cc3ncn2c1=O)Nc1ccc2c(c1)OCCO2. The van der Waals surface area contributed by atoms with Crippen molar-refractivity contribution in [3.05, 3.63) is 59.0 Å². The highest BCUT2D eigenvalue weighted by Gasteiger charge is 2.16. The Morgan fingerprint density at radius 2 is 1.97 bits per heavy atom. The van der Waals surface area contributed by atoms with Gasteiger partial charge in [0.2, 0.25) is 5.91 Å². The van der Waals surface area contributed by atoms with Crippen LogP contribution in [0, 0.1) is 5.82 Å². The second-order valence-corrected chi connectivity index (χ2v) is 6.45. The van der Waals surface area contributed by atoms with E-state index in [-0.39, 0.29) is 6.54 Å². The number of nitrogens with one attached hydrogen (secondary N) is 1. The highest BCUT2D eigenvalue weighted by Crippen LogP contribution is 2.32. The maximum atomic E-state index is 13.4. The maximum Gasteiger partial charge on any atom is 0.352 e. The van der Waals surface area contributed by atoms with Gasteiger partial charge < -0.3 is 14.8 Å². The van der Waals surface area contributed by atoms with Gasteiger partial charge in [-0.15, -0.1) is 5.10 Å². The minimum atomic E-state index is -0.518. The maximum absolute atomic E-state index is 13.4. The van der Waals surface area contributed by atoms with Gasteiger partial charge in [0.1, 0.15) is 31.9 Å². The van der Waals surface area contributed by atoms with E-state index in [1.807, 2.05) is 0 Å². The molecule has 146 valence electrons. The topological polar surface area (TPSA) is 99.8 Å². The number of carbonyl (C=O) groups is 1. The Kier molecular flexibility index (Phi) is 3.90. The smallest absolute Gasteiger partial charge is 0.352 e. The fourth-order valence-corrected chi connectivity index (χ4v) is 3.19. The molecule has 10 heteroatoms. The molecule has 4 aromatic rings. The van der Waals surface area contributed by atoms with Crippen LogP contribution in [0.3, 0.4) is 0 Å². The molecule has 0 unspecified atom stereocenters. The van der Waals surface area contributed by atoms with Crippen LogP contribution in [0.1, 0.15) is 0 Å². The molecule has 3 heterocycles. The fraction of sp³-hybridized carbons (Fsp3) is 0.158. The molecular formula is C19H14FN5O4. The zero-order chi connectivity index (χ0) is 20.0. The number of rotatable bonds is 3. The van der Waals surface area contributed by atoms with Crippen LogP contribution in [0.4, 0.5) is 10.1 Å². The molecular weight excluding hydrogens is 381 g/mol. The molecule has 2 aromatic carbocycles. The molecule has 0 atom stereocenters. The van der Waals surface area contributed by atoms with Gasteiger partial charge in [-0.25, -0.2) is 23.3 Å². The number of anilines is 1. The van der Waals surface area contributed by atoms with Crippen LogP contribution in [0.5, 0.6) is 11.5 Å². The van der Waals surface area contributed by atoms with Crippen molar-refractivity contribution in [2.24, 2.45) is 0 Å². The highest BCUT2D eigenvalue weighted by molar-refractivity contribution is 5.92. The molecule has 0 radical (unpaired) electrons. The zero-order valence-electron chi connectivity index (χ0n) is 15.0. The van der Waals surface area contributed by atoms with Crippen molar-refractivity contribution in [3.8, 4) is 11.5 Å². The molecule has 0 saturated carbocycles. The summed E-state index contributed by atoms with van der Waals surface area (Å²) in [6.07, 6.45) is 1.27. The van der Waals surface area contributed by atoms with Gasteiger partial charge in [-0.05, 0) is 24.3 Å². The van der Waals surface area contributed by atoms with E-state index in [2.05, 4.69) is 15.4 Å². The summed E-state index contributed by atoms with van der Waals surface area (Å²) in [5.74, 6) is 0.288. The number of benzene rings is 2. The summed E-state index contributed by atoms with van der Waals surface area (Å²) in [7, 11) is 0. The first-order valence-electron chi connectivity index (χ1n) is 8.81. The number of ether oxygens (including phenoxy) is 2. The van der Waals surface area contributed by atoms with Crippen molar-refractivity contribution in [2.75, 3.05) is 18.5 Å². The van der Waals surface area contributed by atoms with Crippen LogP contribution in [0.25, 0.3) is 16.6 Å². The largest absolute Gasteiger partial charge is 0.486 e. The molecule has 0 spiro atoms. The van der Waals surface area contributed by atoms with E-state index in [9.17, 15) is 14.0 Å².